The van der Waals surface area contributed by atoms with Gasteiger partial charge in [-0.3, -0.25) is 9.59 Å². The second-order valence-corrected chi connectivity index (χ2v) is 6.70. The number of amides is 2. The number of aromatic nitrogens is 1. The highest BCUT2D eigenvalue weighted by Gasteiger charge is 2.14. The first-order valence-corrected chi connectivity index (χ1v) is 9.46. The van der Waals surface area contributed by atoms with Gasteiger partial charge in [-0.2, -0.15) is 0 Å². The first-order chi connectivity index (χ1) is 13.9. The summed E-state index contributed by atoms with van der Waals surface area (Å²) in [5, 5.41) is 8.62. The Hall–Kier alpha value is -3.13. The van der Waals surface area contributed by atoms with Crippen LogP contribution in [-0.4, -0.2) is 64.2 Å². The molecule has 0 aliphatic rings. The molecule has 0 unspecified atom stereocenters. The molecule has 2 rings (SSSR count). The summed E-state index contributed by atoms with van der Waals surface area (Å²) >= 11 is 0. The molecule has 8 nitrogen and oxygen atoms in total. The van der Waals surface area contributed by atoms with E-state index in [1.807, 2.05) is 43.3 Å². The van der Waals surface area contributed by atoms with Gasteiger partial charge in [0.2, 0.25) is 5.91 Å². The van der Waals surface area contributed by atoms with E-state index >= 15 is 0 Å². The monoisotopic (exact) mass is 399 g/mol. The largest absolute Gasteiger partial charge is 0.383 e. The molecule has 1 heterocycles. The second-order valence-electron chi connectivity index (χ2n) is 6.70. The van der Waals surface area contributed by atoms with Crippen molar-refractivity contribution in [1.82, 2.24) is 15.6 Å². The van der Waals surface area contributed by atoms with Gasteiger partial charge in [0.15, 0.2) is 0 Å². The van der Waals surface area contributed by atoms with Gasteiger partial charge in [-0.25, -0.2) is 4.98 Å². The maximum Gasteiger partial charge on any atom is 0.255 e. The molecule has 1 aromatic carbocycles. The second kappa shape index (κ2) is 11.0. The lowest BCUT2D eigenvalue weighted by molar-refractivity contribution is -0.118. The fourth-order valence-electron chi connectivity index (χ4n) is 2.66. The molecule has 0 saturated heterocycles. The van der Waals surface area contributed by atoms with E-state index in [0.717, 1.165) is 16.9 Å². The first-order valence-electron chi connectivity index (χ1n) is 9.46. The Morgan fingerprint density at radius 2 is 1.83 bits per heavy atom. The quantitative estimate of drug-likeness (QED) is 0.527. The maximum atomic E-state index is 12.6. The van der Waals surface area contributed by atoms with Crippen molar-refractivity contribution < 1.29 is 14.3 Å². The lowest BCUT2D eigenvalue weighted by Gasteiger charge is -2.15. The molecular formula is C21H29N5O3. The Morgan fingerprint density at radius 1 is 1.07 bits per heavy atom. The van der Waals surface area contributed by atoms with Crippen LogP contribution in [0.1, 0.15) is 17.3 Å². The molecular weight excluding hydrogens is 370 g/mol. The Labute approximate surface area is 171 Å². The summed E-state index contributed by atoms with van der Waals surface area (Å²) in [6.07, 6.45) is 0. The number of carbonyl (C=O) groups is 2. The Balaban J connectivity index is 2.23. The number of nitrogens with zero attached hydrogens (tertiary/aromatic N) is 2. The van der Waals surface area contributed by atoms with Crippen molar-refractivity contribution >= 4 is 23.3 Å². The van der Waals surface area contributed by atoms with Crippen molar-refractivity contribution in [3.8, 4) is 11.3 Å². The molecule has 0 spiro atoms. The Morgan fingerprint density at radius 3 is 2.52 bits per heavy atom. The van der Waals surface area contributed by atoms with Crippen LogP contribution in [0.5, 0.6) is 0 Å². The standard InChI is InChI=1S/C21H29N5O3/c1-15(27)22-10-11-24-21(28)18-8-9-19(25-20(18)23-12-13-29-4)16-6-5-7-17(14-16)26(2)3/h5-9,14H,10-13H2,1-4H3,(H,22,27)(H,23,25)(H,24,28). The van der Waals surface area contributed by atoms with Gasteiger partial charge < -0.3 is 25.6 Å². The molecule has 8 heteroatoms. The molecule has 0 bridgehead atoms. The molecule has 1 aromatic heterocycles. The van der Waals surface area contributed by atoms with E-state index in [1.54, 1.807) is 13.2 Å². The van der Waals surface area contributed by atoms with Crippen LogP contribution in [0.4, 0.5) is 11.5 Å². The summed E-state index contributed by atoms with van der Waals surface area (Å²) in [6, 6.07) is 11.6. The molecule has 2 amide bonds. The van der Waals surface area contributed by atoms with Gasteiger partial charge in [0.1, 0.15) is 5.82 Å². The number of methoxy groups -OCH3 is 1. The van der Waals surface area contributed by atoms with Gasteiger partial charge in [0.05, 0.1) is 17.9 Å². The molecule has 0 fully saturated rings. The number of rotatable bonds is 10. The highest BCUT2D eigenvalue weighted by molar-refractivity contribution is 5.99. The van der Waals surface area contributed by atoms with Crippen molar-refractivity contribution in [2.45, 2.75) is 6.92 Å². The average molecular weight is 399 g/mol. The third-order valence-electron chi connectivity index (χ3n) is 4.18. The SMILES string of the molecule is COCCNc1nc(-c2cccc(N(C)C)c2)ccc1C(=O)NCCNC(C)=O. The highest BCUT2D eigenvalue weighted by Crippen LogP contribution is 2.25. The summed E-state index contributed by atoms with van der Waals surface area (Å²) in [5.41, 5.74) is 3.24. The van der Waals surface area contributed by atoms with Crippen LogP contribution in [-0.2, 0) is 9.53 Å². The molecule has 0 saturated carbocycles. The number of benzene rings is 1. The minimum atomic E-state index is -0.253. The molecule has 156 valence electrons. The third kappa shape index (κ3) is 6.76. The third-order valence-corrected chi connectivity index (χ3v) is 4.18. The topological polar surface area (TPSA) is 95.6 Å². The van der Waals surface area contributed by atoms with Crippen LogP contribution < -0.4 is 20.9 Å². The number of hydrogen-bond donors (Lipinski definition) is 3. The minimum absolute atomic E-state index is 0.132. The fourth-order valence-corrected chi connectivity index (χ4v) is 2.66. The summed E-state index contributed by atoms with van der Waals surface area (Å²) in [4.78, 5) is 30.2. The smallest absolute Gasteiger partial charge is 0.255 e. The normalized spacial score (nSPS) is 10.3. The molecule has 2 aromatic rings. The lowest BCUT2D eigenvalue weighted by atomic mass is 10.1. The highest BCUT2D eigenvalue weighted by atomic mass is 16.5. The molecule has 0 aliphatic carbocycles. The first kappa shape index (κ1) is 22.2. The number of anilines is 2. The van der Waals surface area contributed by atoms with Gasteiger partial charge >= 0.3 is 0 Å². The summed E-state index contributed by atoms with van der Waals surface area (Å²) < 4.78 is 5.09. The maximum absolute atomic E-state index is 12.6. The van der Waals surface area contributed by atoms with Crippen LogP contribution in [0.15, 0.2) is 36.4 Å². The average Bonchev–Trinajstić information content (AvgIpc) is 2.71. The summed E-state index contributed by atoms with van der Waals surface area (Å²) in [5.74, 6) is 0.107. The van der Waals surface area contributed by atoms with E-state index in [1.165, 1.54) is 6.92 Å². The number of pyridine rings is 1. The zero-order chi connectivity index (χ0) is 21.2. The van der Waals surface area contributed by atoms with Crippen LogP contribution in [0.3, 0.4) is 0 Å². The van der Waals surface area contributed by atoms with Crippen molar-refractivity contribution in [2.75, 3.05) is 57.7 Å². The van der Waals surface area contributed by atoms with Gasteiger partial charge in [-0.15, -0.1) is 0 Å². The number of ether oxygens (including phenoxy) is 1. The molecule has 0 atom stereocenters. The van der Waals surface area contributed by atoms with E-state index < -0.39 is 0 Å². The van der Waals surface area contributed by atoms with Crippen molar-refractivity contribution in [3.63, 3.8) is 0 Å². The van der Waals surface area contributed by atoms with Crippen LogP contribution in [0.25, 0.3) is 11.3 Å². The van der Waals surface area contributed by atoms with E-state index in [0.29, 0.717) is 37.6 Å². The number of hydrogen-bond acceptors (Lipinski definition) is 6. The van der Waals surface area contributed by atoms with E-state index in [-0.39, 0.29) is 11.8 Å². The predicted octanol–water partition coefficient (Wildman–Crippen LogP) is 1.74. The molecule has 29 heavy (non-hydrogen) atoms. The Kier molecular flexibility index (Phi) is 8.42. The lowest BCUT2D eigenvalue weighted by Crippen LogP contribution is -2.34. The molecule has 0 radical (unpaired) electrons. The summed E-state index contributed by atoms with van der Waals surface area (Å²) in [6.45, 7) is 3.16. The van der Waals surface area contributed by atoms with Crippen molar-refractivity contribution in [2.24, 2.45) is 0 Å². The molecule has 0 aliphatic heterocycles. The van der Waals surface area contributed by atoms with Gasteiger partial charge in [-0.1, -0.05) is 12.1 Å². The Bertz CT molecular complexity index is 839. The minimum Gasteiger partial charge on any atom is -0.383 e. The predicted molar refractivity (Wildman–Crippen MR) is 115 cm³/mol. The fraction of sp³-hybridized carbons (Fsp3) is 0.381. The van der Waals surface area contributed by atoms with Crippen molar-refractivity contribution in [1.29, 1.82) is 0 Å². The van der Waals surface area contributed by atoms with Gasteiger partial charge in [-0.05, 0) is 24.3 Å². The number of carbonyl (C=O) groups excluding carboxylic acids is 2. The van der Waals surface area contributed by atoms with Crippen molar-refractivity contribution in [3.05, 3.63) is 42.0 Å². The summed E-state index contributed by atoms with van der Waals surface area (Å²) in [7, 11) is 5.59. The molecule has 3 N–H and O–H groups in total. The number of nitrogens with one attached hydrogen (secondary N) is 3. The van der Waals surface area contributed by atoms with E-state index in [2.05, 4.69) is 27.0 Å². The van der Waals surface area contributed by atoms with Crippen LogP contribution in [0.2, 0.25) is 0 Å². The zero-order valence-corrected chi connectivity index (χ0v) is 17.4. The van der Waals surface area contributed by atoms with Gasteiger partial charge in [0, 0.05) is 59.0 Å². The van der Waals surface area contributed by atoms with Gasteiger partial charge in [0.25, 0.3) is 5.91 Å². The van der Waals surface area contributed by atoms with E-state index in [9.17, 15) is 9.59 Å². The van der Waals surface area contributed by atoms with E-state index in [4.69, 9.17) is 4.74 Å². The van der Waals surface area contributed by atoms with Crippen LogP contribution >= 0.6 is 0 Å². The zero-order valence-electron chi connectivity index (χ0n) is 17.4. The van der Waals surface area contributed by atoms with Crippen LogP contribution in [0, 0.1) is 0 Å².